The Bertz CT molecular complexity index is 471. The number of pyridine rings is 1. The third kappa shape index (κ3) is 3.21. The van der Waals surface area contributed by atoms with Crippen LogP contribution in [0.15, 0.2) is 48.7 Å². The van der Waals surface area contributed by atoms with Gasteiger partial charge >= 0.3 is 0 Å². The van der Waals surface area contributed by atoms with Crippen LogP contribution in [-0.2, 0) is 12.4 Å². The molecule has 0 amide bonds. The lowest BCUT2D eigenvalue weighted by molar-refractivity contribution is 0.917. The second-order valence-electron chi connectivity index (χ2n) is 3.98. The molecule has 2 aromatic rings. The Labute approximate surface area is 107 Å². The van der Waals surface area contributed by atoms with E-state index in [4.69, 9.17) is 11.6 Å². The molecule has 2 nitrogen and oxygen atoms in total. The lowest BCUT2D eigenvalue weighted by Crippen LogP contribution is -2.16. The van der Waals surface area contributed by atoms with Crippen LogP contribution in [0.1, 0.15) is 11.3 Å². The van der Waals surface area contributed by atoms with Crippen LogP contribution in [0.5, 0.6) is 0 Å². The summed E-state index contributed by atoms with van der Waals surface area (Å²) < 4.78 is 0. The van der Waals surface area contributed by atoms with Gasteiger partial charge in [-0.1, -0.05) is 30.3 Å². The molecule has 0 bridgehead atoms. The van der Waals surface area contributed by atoms with Crippen LogP contribution in [0.2, 0.25) is 0 Å². The van der Waals surface area contributed by atoms with E-state index in [0.717, 1.165) is 17.9 Å². The first-order chi connectivity index (χ1) is 8.29. The number of nitrogens with zero attached hydrogens (tertiary/aromatic N) is 2. The fourth-order valence-electron chi connectivity index (χ4n) is 1.72. The summed E-state index contributed by atoms with van der Waals surface area (Å²) in [5, 5.41) is 0. The minimum atomic E-state index is 0.451. The third-order valence-corrected chi connectivity index (χ3v) is 2.91. The molecule has 88 valence electrons. The Kier molecular flexibility index (Phi) is 3.99. The van der Waals surface area contributed by atoms with Gasteiger partial charge in [-0.3, -0.25) is 4.98 Å². The molecule has 0 saturated carbocycles. The smallest absolute Gasteiger partial charge is 0.0648 e. The topological polar surface area (TPSA) is 16.1 Å². The van der Waals surface area contributed by atoms with Gasteiger partial charge in [0.25, 0.3) is 0 Å². The highest BCUT2D eigenvalue weighted by atomic mass is 35.5. The van der Waals surface area contributed by atoms with Crippen molar-refractivity contribution in [3.05, 3.63) is 59.9 Å². The maximum atomic E-state index is 5.78. The quantitative estimate of drug-likeness (QED) is 0.768. The van der Waals surface area contributed by atoms with Gasteiger partial charge in [0.1, 0.15) is 0 Å². The molecule has 0 aliphatic rings. The highest BCUT2D eigenvalue weighted by molar-refractivity contribution is 6.16. The van der Waals surface area contributed by atoms with Gasteiger partial charge in [-0.15, -0.1) is 11.6 Å². The van der Waals surface area contributed by atoms with Crippen LogP contribution < -0.4 is 4.90 Å². The Morgan fingerprint density at radius 3 is 2.65 bits per heavy atom. The summed E-state index contributed by atoms with van der Waals surface area (Å²) in [6, 6.07) is 14.4. The lowest BCUT2D eigenvalue weighted by atomic mass is 10.2. The molecule has 1 aromatic carbocycles. The highest BCUT2D eigenvalue weighted by Crippen LogP contribution is 2.16. The van der Waals surface area contributed by atoms with Crippen molar-refractivity contribution in [1.82, 2.24) is 4.98 Å². The summed E-state index contributed by atoms with van der Waals surface area (Å²) >= 11 is 5.78. The summed E-state index contributed by atoms with van der Waals surface area (Å²) in [5.74, 6) is 0.451. The van der Waals surface area contributed by atoms with Gasteiger partial charge in [0.15, 0.2) is 0 Å². The standard InChI is InChI=1S/C14H15ClN2/c1-17(11-12-5-3-2-4-6-12)14-7-8-16-13(9-14)10-15/h2-9H,10-11H2,1H3. The van der Waals surface area contributed by atoms with Crippen molar-refractivity contribution in [1.29, 1.82) is 0 Å². The zero-order chi connectivity index (χ0) is 12.1. The summed E-state index contributed by atoms with van der Waals surface area (Å²) in [5.41, 5.74) is 3.34. The molecule has 0 unspecified atom stereocenters. The van der Waals surface area contributed by atoms with Crippen LogP contribution in [0.3, 0.4) is 0 Å². The average Bonchev–Trinajstić information content (AvgIpc) is 2.40. The molecule has 0 saturated heterocycles. The summed E-state index contributed by atoms with van der Waals surface area (Å²) in [4.78, 5) is 6.38. The monoisotopic (exact) mass is 246 g/mol. The van der Waals surface area contributed by atoms with E-state index in [1.807, 2.05) is 18.2 Å². The maximum Gasteiger partial charge on any atom is 0.0648 e. The summed E-state index contributed by atoms with van der Waals surface area (Å²) in [7, 11) is 2.07. The van der Waals surface area contributed by atoms with Crippen molar-refractivity contribution in [3.63, 3.8) is 0 Å². The molecule has 1 heterocycles. The van der Waals surface area contributed by atoms with E-state index in [0.29, 0.717) is 5.88 Å². The number of alkyl halides is 1. The molecule has 0 fully saturated rings. The fraction of sp³-hybridized carbons (Fsp3) is 0.214. The number of anilines is 1. The summed E-state index contributed by atoms with van der Waals surface area (Å²) in [6.07, 6.45) is 1.80. The molecule has 1 aromatic heterocycles. The molecule has 0 N–H and O–H groups in total. The Hall–Kier alpha value is -1.54. The number of aromatic nitrogens is 1. The minimum absolute atomic E-state index is 0.451. The highest BCUT2D eigenvalue weighted by Gasteiger charge is 2.03. The number of benzene rings is 1. The fourth-order valence-corrected chi connectivity index (χ4v) is 1.87. The Balaban J connectivity index is 2.11. The third-order valence-electron chi connectivity index (χ3n) is 2.64. The van der Waals surface area contributed by atoms with Crippen molar-refractivity contribution in [2.24, 2.45) is 0 Å². The van der Waals surface area contributed by atoms with E-state index < -0.39 is 0 Å². The van der Waals surface area contributed by atoms with E-state index in [9.17, 15) is 0 Å². The van der Waals surface area contributed by atoms with Crippen LogP contribution >= 0.6 is 11.6 Å². The van der Waals surface area contributed by atoms with E-state index in [1.165, 1.54) is 5.56 Å². The number of halogens is 1. The molecular weight excluding hydrogens is 232 g/mol. The Morgan fingerprint density at radius 1 is 1.18 bits per heavy atom. The van der Waals surface area contributed by atoms with Gasteiger partial charge in [-0.25, -0.2) is 0 Å². The first-order valence-electron chi connectivity index (χ1n) is 5.55. The second kappa shape index (κ2) is 5.69. The minimum Gasteiger partial charge on any atom is -0.370 e. The van der Waals surface area contributed by atoms with Gasteiger partial charge in [0.05, 0.1) is 11.6 Å². The first kappa shape index (κ1) is 11.9. The van der Waals surface area contributed by atoms with Gasteiger partial charge in [0.2, 0.25) is 0 Å². The first-order valence-corrected chi connectivity index (χ1v) is 6.09. The zero-order valence-electron chi connectivity index (χ0n) is 9.81. The lowest BCUT2D eigenvalue weighted by Gasteiger charge is -2.19. The van der Waals surface area contributed by atoms with Gasteiger partial charge in [-0.2, -0.15) is 0 Å². The molecule has 0 atom stereocenters. The number of rotatable bonds is 4. The molecule has 0 radical (unpaired) electrons. The van der Waals surface area contributed by atoms with Crippen LogP contribution in [-0.4, -0.2) is 12.0 Å². The van der Waals surface area contributed by atoms with E-state index >= 15 is 0 Å². The molecule has 0 aliphatic heterocycles. The van der Waals surface area contributed by atoms with Crippen molar-refractivity contribution in [2.75, 3.05) is 11.9 Å². The zero-order valence-corrected chi connectivity index (χ0v) is 10.6. The predicted molar refractivity (Wildman–Crippen MR) is 72.3 cm³/mol. The van der Waals surface area contributed by atoms with Crippen molar-refractivity contribution in [3.8, 4) is 0 Å². The maximum absolute atomic E-state index is 5.78. The molecular formula is C14H15ClN2. The van der Waals surface area contributed by atoms with E-state index in [-0.39, 0.29) is 0 Å². The molecule has 17 heavy (non-hydrogen) atoms. The average molecular weight is 247 g/mol. The molecule has 0 aliphatic carbocycles. The van der Waals surface area contributed by atoms with E-state index in [1.54, 1.807) is 6.20 Å². The van der Waals surface area contributed by atoms with Crippen molar-refractivity contribution >= 4 is 17.3 Å². The molecule has 3 heteroatoms. The Morgan fingerprint density at radius 2 is 1.94 bits per heavy atom. The van der Waals surface area contributed by atoms with Gasteiger partial charge in [0, 0.05) is 25.5 Å². The van der Waals surface area contributed by atoms with Crippen LogP contribution in [0.25, 0.3) is 0 Å². The second-order valence-corrected chi connectivity index (χ2v) is 4.25. The van der Waals surface area contributed by atoms with Crippen LogP contribution in [0.4, 0.5) is 5.69 Å². The van der Waals surface area contributed by atoms with Gasteiger partial charge in [-0.05, 0) is 17.7 Å². The SMILES string of the molecule is CN(Cc1ccccc1)c1ccnc(CCl)c1. The molecule has 0 spiro atoms. The summed E-state index contributed by atoms with van der Waals surface area (Å²) in [6.45, 7) is 0.882. The van der Waals surface area contributed by atoms with E-state index in [2.05, 4.69) is 41.2 Å². The predicted octanol–water partition coefficient (Wildman–Crippen LogP) is 3.46. The molecule has 2 rings (SSSR count). The number of hydrogen-bond donors (Lipinski definition) is 0. The largest absolute Gasteiger partial charge is 0.370 e. The van der Waals surface area contributed by atoms with Gasteiger partial charge < -0.3 is 4.90 Å². The van der Waals surface area contributed by atoms with Crippen LogP contribution in [0, 0.1) is 0 Å². The van der Waals surface area contributed by atoms with Crippen molar-refractivity contribution < 1.29 is 0 Å². The number of hydrogen-bond acceptors (Lipinski definition) is 2. The van der Waals surface area contributed by atoms with Crippen molar-refractivity contribution in [2.45, 2.75) is 12.4 Å². The normalized spacial score (nSPS) is 10.2.